The summed E-state index contributed by atoms with van der Waals surface area (Å²) < 4.78 is 0. The molecule has 0 bridgehead atoms. The molecule has 0 aromatic carbocycles. The first-order valence-electron chi connectivity index (χ1n) is 8.07. The van der Waals surface area contributed by atoms with Crippen LogP contribution in [0.4, 0.5) is 5.82 Å². The number of pyridine rings is 1. The van der Waals surface area contributed by atoms with Gasteiger partial charge in [0.15, 0.2) is 0 Å². The lowest BCUT2D eigenvalue weighted by Gasteiger charge is -2.26. The van der Waals surface area contributed by atoms with Gasteiger partial charge in [0, 0.05) is 38.9 Å². The van der Waals surface area contributed by atoms with Crippen LogP contribution < -0.4 is 5.32 Å². The lowest BCUT2D eigenvalue weighted by molar-refractivity contribution is 0.211. The van der Waals surface area contributed by atoms with E-state index in [9.17, 15) is 0 Å². The smallest absolute Gasteiger partial charge is 0.126 e. The number of likely N-dealkylation sites (N-methyl/N-ethyl adjacent to an activating group) is 1. The van der Waals surface area contributed by atoms with Gasteiger partial charge < -0.3 is 10.2 Å². The molecule has 1 N–H and O–H groups in total. The van der Waals surface area contributed by atoms with E-state index in [4.69, 9.17) is 0 Å². The Morgan fingerprint density at radius 2 is 2.00 bits per heavy atom. The largest absolute Gasteiger partial charge is 0.370 e. The van der Waals surface area contributed by atoms with E-state index in [0.717, 1.165) is 45.0 Å². The summed E-state index contributed by atoms with van der Waals surface area (Å²) in [4.78, 5) is 9.16. The van der Waals surface area contributed by atoms with Crippen LogP contribution in [0.1, 0.15) is 32.8 Å². The maximum atomic E-state index is 4.38. The molecule has 0 radical (unpaired) electrons. The zero-order chi connectivity index (χ0) is 15.7. The van der Waals surface area contributed by atoms with Crippen molar-refractivity contribution in [2.45, 2.75) is 33.7 Å². The molecule has 0 aliphatic heterocycles. The molecule has 0 atom stereocenters. The van der Waals surface area contributed by atoms with E-state index in [0.29, 0.717) is 5.92 Å². The van der Waals surface area contributed by atoms with Gasteiger partial charge in [0.25, 0.3) is 0 Å². The highest BCUT2D eigenvalue weighted by molar-refractivity contribution is 5.37. The number of rotatable bonds is 10. The molecule has 21 heavy (non-hydrogen) atoms. The van der Waals surface area contributed by atoms with Crippen LogP contribution in [-0.2, 0) is 6.54 Å². The number of hydrogen-bond acceptors (Lipinski definition) is 4. The van der Waals surface area contributed by atoms with Crippen molar-refractivity contribution in [3.8, 4) is 0 Å². The van der Waals surface area contributed by atoms with Crippen molar-refractivity contribution in [2.24, 2.45) is 5.92 Å². The minimum atomic E-state index is 0.687. The van der Waals surface area contributed by atoms with Crippen molar-refractivity contribution < 1.29 is 0 Å². The molecule has 0 saturated carbocycles. The van der Waals surface area contributed by atoms with Gasteiger partial charge in [-0.3, -0.25) is 4.90 Å². The number of aromatic nitrogens is 1. The second-order valence-electron chi connectivity index (χ2n) is 6.41. The molecule has 0 spiro atoms. The van der Waals surface area contributed by atoms with E-state index in [2.05, 4.69) is 67.1 Å². The third kappa shape index (κ3) is 8.02. The zero-order valence-corrected chi connectivity index (χ0v) is 14.4. The second-order valence-corrected chi connectivity index (χ2v) is 6.41. The average Bonchev–Trinajstić information content (AvgIpc) is 2.42. The fourth-order valence-electron chi connectivity index (χ4n) is 2.27. The molecule has 120 valence electrons. The predicted molar refractivity (Wildman–Crippen MR) is 91.7 cm³/mol. The molecule has 0 aliphatic carbocycles. The van der Waals surface area contributed by atoms with Gasteiger partial charge in [0.05, 0.1) is 0 Å². The van der Waals surface area contributed by atoms with E-state index in [-0.39, 0.29) is 0 Å². The Bertz CT molecular complexity index is 390. The van der Waals surface area contributed by atoms with Gasteiger partial charge in [0.2, 0.25) is 0 Å². The van der Waals surface area contributed by atoms with Gasteiger partial charge in [-0.2, -0.15) is 0 Å². The lowest BCUT2D eigenvalue weighted by atomic mass is 10.1. The van der Waals surface area contributed by atoms with Crippen molar-refractivity contribution in [1.82, 2.24) is 14.8 Å². The monoisotopic (exact) mass is 292 g/mol. The summed E-state index contributed by atoms with van der Waals surface area (Å²) in [7, 11) is 4.26. The number of nitrogens with one attached hydrogen (secondary N) is 1. The third-order valence-corrected chi connectivity index (χ3v) is 3.27. The Labute approximate surface area is 130 Å². The Hall–Kier alpha value is -1.13. The van der Waals surface area contributed by atoms with Gasteiger partial charge in [-0.25, -0.2) is 4.98 Å². The first-order chi connectivity index (χ1) is 10.0. The summed E-state index contributed by atoms with van der Waals surface area (Å²) in [6.07, 6.45) is 3.03. The summed E-state index contributed by atoms with van der Waals surface area (Å²) in [6.45, 7) is 12.0. The maximum Gasteiger partial charge on any atom is 0.126 e. The summed E-state index contributed by atoms with van der Waals surface area (Å²) in [5, 5.41) is 3.36. The maximum absolute atomic E-state index is 4.38. The normalized spacial score (nSPS) is 11.6. The average molecular weight is 292 g/mol. The lowest BCUT2D eigenvalue weighted by Crippen LogP contribution is -2.34. The highest BCUT2D eigenvalue weighted by atomic mass is 15.2. The van der Waals surface area contributed by atoms with Crippen molar-refractivity contribution >= 4 is 5.82 Å². The van der Waals surface area contributed by atoms with Gasteiger partial charge in [-0.05, 0) is 44.1 Å². The van der Waals surface area contributed by atoms with Gasteiger partial charge in [-0.15, -0.1) is 0 Å². The van der Waals surface area contributed by atoms with E-state index < -0.39 is 0 Å². The molecular weight excluding hydrogens is 260 g/mol. The summed E-state index contributed by atoms with van der Waals surface area (Å²) in [5.74, 6) is 1.68. The minimum absolute atomic E-state index is 0.687. The van der Waals surface area contributed by atoms with Gasteiger partial charge in [0.1, 0.15) is 5.82 Å². The summed E-state index contributed by atoms with van der Waals surface area (Å²) in [6, 6.07) is 4.30. The molecule has 0 aliphatic rings. The molecule has 4 nitrogen and oxygen atoms in total. The Kier molecular flexibility index (Phi) is 8.31. The SMILES string of the molecule is CCCNc1cc(CN(CCN(C)C)CC(C)C)ccn1. The fraction of sp³-hybridized carbons (Fsp3) is 0.706. The molecular formula is C17H32N4. The molecule has 1 rings (SSSR count). The molecule has 0 fully saturated rings. The predicted octanol–water partition coefficient (Wildman–Crippen LogP) is 2.92. The molecule has 4 heteroatoms. The quantitative estimate of drug-likeness (QED) is 0.718. The van der Waals surface area contributed by atoms with Crippen molar-refractivity contribution in [1.29, 1.82) is 0 Å². The molecule has 0 saturated heterocycles. The molecule has 1 aromatic heterocycles. The standard InChI is InChI=1S/C17H32N4/c1-6-8-18-17-12-16(7-9-19-17)14-21(13-15(2)3)11-10-20(4)5/h7,9,12,15H,6,8,10-11,13-14H2,1-5H3,(H,18,19). The molecule has 1 heterocycles. The van der Waals surface area contributed by atoms with Crippen LogP contribution >= 0.6 is 0 Å². The van der Waals surface area contributed by atoms with Crippen LogP contribution in [-0.4, -0.2) is 55.1 Å². The van der Waals surface area contributed by atoms with E-state index in [1.165, 1.54) is 5.56 Å². The van der Waals surface area contributed by atoms with Crippen LogP contribution in [0.15, 0.2) is 18.3 Å². The van der Waals surface area contributed by atoms with Gasteiger partial charge in [-0.1, -0.05) is 20.8 Å². The van der Waals surface area contributed by atoms with E-state index >= 15 is 0 Å². The van der Waals surface area contributed by atoms with Crippen LogP contribution in [0.3, 0.4) is 0 Å². The topological polar surface area (TPSA) is 31.4 Å². The highest BCUT2D eigenvalue weighted by Gasteiger charge is 2.09. The van der Waals surface area contributed by atoms with E-state index in [1.807, 2.05) is 6.20 Å². The first kappa shape index (κ1) is 17.9. The van der Waals surface area contributed by atoms with Crippen LogP contribution in [0.5, 0.6) is 0 Å². The van der Waals surface area contributed by atoms with Gasteiger partial charge >= 0.3 is 0 Å². The zero-order valence-electron chi connectivity index (χ0n) is 14.4. The highest BCUT2D eigenvalue weighted by Crippen LogP contribution is 2.11. The third-order valence-electron chi connectivity index (χ3n) is 3.27. The van der Waals surface area contributed by atoms with E-state index in [1.54, 1.807) is 0 Å². The fourth-order valence-corrected chi connectivity index (χ4v) is 2.27. The second kappa shape index (κ2) is 9.74. The van der Waals surface area contributed by atoms with Crippen LogP contribution in [0.2, 0.25) is 0 Å². The van der Waals surface area contributed by atoms with Crippen molar-refractivity contribution in [3.63, 3.8) is 0 Å². The van der Waals surface area contributed by atoms with Crippen molar-refractivity contribution in [2.75, 3.05) is 45.6 Å². The molecule has 0 amide bonds. The van der Waals surface area contributed by atoms with Crippen LogP contribution in [0, 0.1) is 5.92 Å². The Morgan fingerprint density at radius 1 is 1.24 bits per heavy atom. The summed E-state index contributed by atoms with van der Waals surface area (Å²) >= 11 is 0. The number of nitrogens with zero attached hydrogens (tertiary/aromatic N) is 3. The number of anilines is 1. The number of hydrogen-bond donors (Lipinski definition) is 1. The van der Waals surface area contributed by atoms with Crippen LogP contribution in [0.25, 0.3) is 0 Å². The molecule has 0 unspecified atom stereocenters. The Morgan fingerprint density at radius 3 is 2.62 bits per heavy atom. The Balaban J connectivity index is 2.63. The van der Waals surface area contributed by atoms with Crippen molar-refractivity contribution in [3.05, 3.63) is 23.9 Å². The minimum Gasteiger partial charge on any atom is -0.370 e. The summed E-state index contributed by atoms with van der Waals surface area (Å²) in [5.41, 5.74) is 1.34. The molecule has 1 aromatic rings. The first-order valence-corrected chi connectivity index (χ1v) is 8.07.